The van der Waals surface area contributed by atoms with E-state index >= 15 is 0 Å². The van der Waals surface area contributed by atoms with E-state index in [2.05, 4.69) is 11.9 Å². The number of imide groups is 1. The van der Waals surface area contributed by atoms with Gasteiger partial charge < -0.3 is 4.90 Å². The van der Waals surface area contributed by atoms with Crippen molar-refractivity contribution in [3.8, 4) is 0 Å². The molecule has 160 valence electrons. The molecule has 1 saturated heterocycles. The molecule has 3 atom stereocenters. The molecule has 2 aliphatic heterocycles. The number of nitro benzene ring substituents is 1. The second-order valence-corrected chi connectivity index (χ2v) is 7.90. The Bertz CT molecular complexity index is 1050. The summed E-state index contributed by atoms with van der Waals surface area (Å²) in [6.45, 7) is 4.97. The maximum atomic E-state index is 13.4. The number of nitrogens with zero attached hydrogens (tertiary/aromatic N) is 3. The molecule has 31 heavy (non-hydrogen) atoms. The van der Waals surface area contributed by atoms with Crippen molar-refractivity contribution in [3.05, 3.63) is 69.8 Å². The molecule has 0 saturated carbocycles. The number of amides is 2. The highest BCUT2D eigenvalue weighted by Crippen LogP contribution is 2.36. The SMILES string of the molecule is CC[NH+]1CCC[C@@H]1CN=CC1C(=O)N(c2ccccc2[N+](=O)[O-])C(=O)c2ccccc21. The van der Waals surface area contributed by atoms with Crippen LogP contribution in [-0.2, 0) is 4.79 Å². The summed E-state index contributed by atoms with van der Waals surface area (Å²) in [6.07, 6.45) is 3.89. The molecular formula is C23H25N4O4+. The lowest BCUT2D eigenvalue weighted by molar-refractivity contribution is -0.908. The molecule has 0 spiro atoms. The topological polar surface area (TPSA) is 97.3 Å². The summed E-state index contributed by atoms with van der Waals surface area (Å²) in [5, 5.41) is 11.5. The highest BCUT2D eigenvalue weighted by molar-refractivity contribution is 6.29. The van der Waals surface area contributed by atoms with Crippen LogP contribution < -0.4 is 9.80 Å². The van der Waals surface area contributed by atoms with E-state index in [4.69, 9.17) is 0 Å². The van der Waals surface area contributed by atoms with Gasteiger partial charge in [-0.3, -0.25) is 24.7 Å². The molecule has 8 nitrogen and oxygen atoms in total. The predicted molar refractivity (Wildman–Crippen MR) is 117 cm³/mol. The summed E-state index contributed by atoms with van der Waals surface area (Å²) in [5.74, 6) is -1.84. The van der Waals surface area contributed by atoms with E-state index in [-0.39, 0.29) is 11.4 Å². The van der Waals surface area contributed by atoms with Gasteiger partial charge in [0, 0.05) is 30.7 Å². The van der Waals surface area contributed by atoms with Crippen LogP contribution in [0.4, 0.5) is 11.4 Å². The van der Waals surface area contributed by atoms with Crippen LogP contribution in [0.3, 0.4) is 0 Å². The minimum Gasteiger partial charge on any atom is -0.331 e. The third-order valence-electron chi connectivity index (χ3n) is 6.20. The Morgan fingerprint density at radius 1 is 1.19 bits per heavy atom. The summed E-state index contributed by atoms with van der Waals surface area (Å²) in [6, 6.07) is 13.1. The third-order valence-corrected chi connectivity index (χ3v) is 6.20. The monoisotopic (exact) mass is 421 g/mol. The van der Waals surface area contributed by atoms with E-state index < -0.39 is 22.7 Å². The number of hydrogen-bond donors (Lipinski definition) is 1. The number of likely N-dealkylation sites (N-methyl/N-ethyl adjacent to an activating group) is 1. The van der Waals surface area contributed by atoms with Gasteiger partial charge in [-0.2, -0.15) is 0 Å². The van der Waals surface area contributed by atoms with Crippen molar-refractivity contribution in [3.63, 3.8) is 0 Å². The molecule has 2 aromatic carbocycles. The number of anilines is 1. The Hall–Kier alpha value is -3.39. The number of hydrogen-bond acceptors (Lipinski definition) is 5. The Morgan fingerprint density at radius 2 is 1.94 bits per heavy atom. The number of likely N-dealkylation sites (tertiary alicyclic amines) is 1. The summed E-state index contributed by atoms with van der Waals surface area (Å²) in [5.41, 5.74) is 0.640. The molecule has 1 N–H and O–H groups in total. The van der Waals surface area contributed by atoms with Crippen LogP contribution in [0.25, 0.3) is 0 Å². The Kier molecular flexibility index (Phi) is 5.90. The van der Waals surface area contributed by atoms with Crippen molar-refractivity contribution in [2.45, 2.75) is 31.7 Å². The smallest absolute Gasteiger partial charge is 0.293 e. The van der Waals surface area contributed by atoms with Crippen LogP contribution in [0.2, 0.25) is 0 Å². The summed E-state index contributed by atoms with van der Waals surface area (Å²) in [7, 11) is 0. The van der Waals surface area contributed by atoms with E-state index in [1.165, 1.54) is 29.5 Å². The van der Waals surface area contributed by atoms with Crippen LogP contribution in [0.15, 0.2) is 53.5 Å². The highest BCUT2D eigenvalue weighted by atomic mass is 16.6. The number of carbonyl (C=O) groups is 2. The van der Waals surface area contributed by atoms with Gasteiger partial charge in [-0.25, -0.2) is 4.90 Å². The molecular weight excluding hydrogens is 396 g/mol. The molecule has 0 aliphatic carbocycles. The molecule has 2 aliphatic rings. The van der Waals surface area contributed by atoms with Gasteiger partial charge in [-0.15, -0.1) is 0 Å². The van der Waals surface area contributed by atoms with Crippen LogP contribution >= 0.6 is 0 Å². The average Bonchev–Trinajstić information content (AvgIpc) is 3.24. The van der Waals surface area contributed by atoms with Crippen molar-refractivity contribution in [2.75, 3.05) is 24.5 Å². The number of benzene rings is 2. The first-order chi connectivity index (χ1) is 15.0. The number of carbonyl (C=O) groups excluding carboxylic acids is 2. The fourth-order valence-corrected chi connectivity index (χ4v) is 4.60. The number of fused-ring (bicyclic) bond motifs is 1. The van der Waals surface area contributed by atoms with E-state index in [9.17, 15) is 19.7 Å². The van der Waals surface area contributed by atoms with Gasteiger partial charge in [0.2, 0.25) is 5.91 Å². The van der Waals surface area contributed by atoms with Gasteiger partial charge in [0.1, 0.15) is 11.7 Å². The molecule has 8 heteroatoms. The van der Waals surface area contributed by atoms with E-state index in [0.717, 1.165) is 24.4 Å². The zero-order valence-electron chi connectivity index (χ0n) is 17.4. The lowest BCUT2D eigenvalue weighted by Crippen LogP contribution is -3.13. The van der Waals surface area contributed by atoms with E-state index in [1.807, 2.05) is 0 Å². The second-order valence-electron chi connectivity index (χ2n) is 7.90. The number of aliphatic imine (C=N–C) groups is 1. The third kappa shape index (κ3) is 3.86. The van der Waals surface area contributed by atoms with Crippen LogP contribution in [-0.4, -0.2) is 48.6 Å². The van der Waals surface area contributed by atoms with Gasteiger partial charge >= 0.3 is 0 Å². The Morgan fingerprint density at radius 3 is 2.71 bits per heavy atom. The van der Waals surface area contributed by atoms with Crippen molar-refractivity contribution in [2.24, 2.45) is 4.99 Å². The summed E-state index contributed by atoms with van der Waals surface area (Å²) < 4.78 is 0. The molecule has 0 radical (unpaired) electrons. The molecule has 1 fully saturated rings. The standard InChI is InChI=1S/C23H24N4O4/c1-2-25-13-7-8-16(25)14-24-15-19-17-9-3-4-10-18(17)22(28)26(23(19)29)20-11-5-6-12-21(20)27(30)31/h3-6,9-12,15-16,19H,2,7-8,13-14H2,1H3/p+1/t16-,19?/m1/s1. The molecule has 2 aromatic rings. The molecule has 0 aromatic heterocycles. The maximum absolute atomic E-state index is 13.4. The largest absolute Gasteiger partial charge is 0.331 e. The first kappa shape index (κ1) is 20.9. The first-order valence-corrected chi connectivity index (χ1v) is 10.6. The minimum atomic E-state index is -0.764. The van der Waals surface area contributed by atoms with Gasteiger partial charge in [0.25, 0.3) is 11.6 Å². The second kappa shape index (κ2) is 8.77. The predicted octanol–water partition coefficient (Wildman–Crippen LogP) is 2.00. The fourth-order valence-electron chi connectivity index (χ4n) is 4.60. The number of nitrogens with one attached hydrogen (secondary N) is 1. The lowest BCUT2D eigenvalue weighted by atomic mass is 9.88. The first-order valence-electron chi connectivity index (χ1n) is 10.6. The van der Waals surface area contributed by atoms with Crippen LogP contribution in [0.5, 0.6) is 0 Å². The van der Waals surface area contributed by atoms with Crippen LogP contribution in [0.1, 0.15) is 41.6 Å². The van der Waals surface area contributed by atoms with Crippen molar-refractivity contribution >= 4 is 29.4 Å². The molecule has 2 unspecified atom stereocenters. The van der Waals surface area contributed by atoms with Crippen molar-refractivity contribution in [1.29, 1.82) is 0 Å². The van der Waals surface area contributed by atoms with Crippen molar-refractivity contribution < 1.29 is 19.4 Å². The van der Waals surface area contributed by atoms with Crippen LogP contribution in [0, 0.1) is 10.1 Å². The molecule has 2 amide bonds. The minimum absolute atomic E-state index is 0.0206. The number of nitro groups is 1. The Labute approximate surface area is 180 Å². The fraction of sp³-hybridized carbons (Fsp3) is 0.348. The lowest BCUT2D eigenvalue weighted by Gasteiger charge is -2.30. The summed E-state index contributed by atoms with van der Waals surface area (Å²) in [4.78, 5) is 44.5. The molecule has 2 heterocycles. The van der Waals surface area contributed by atoms with E-state index in [1.54, 1.807) is 36.5 Å². The van der Waals surface area contributed by atoms with Gasteiger partial charge in [0.05, 0.1) is 30.5 Å². The molecule has 0 bridgehead atoms. The Balaban J connectivity index is 1.70. The summed E-state index contributed by atoms with van der Waals surface area (Å²) >= 11 is 0. The highest BCUT2D eigenvalue weighted by Gasteiger charge is 2.41. The number of rotatable bonds is 6. The quantitative estimate of drug-likeness (QED) is 0.334. The van der Waals surface area contributed by atoms with E-state index in [0.29, 0.717) is 23.7 Å². The number of quaternary nitrogens is 1. The normalized spacial score (nSPS) is 23.4. The van der Waals surface area contributed by atoms with Gasteiger partial charge in [-0.05, 0) is 24.6 Å². The maximum Gasteiger partial charge on any atom is 0.293 e. The van der Waals surface area contributed by atoms with Gasteiger partial charge in [0.15, 0.2) is 0 Å². The number of para-hydroxylation sites is 2. The average molecular weight is 421 g/mol. The zero-order chi connectivity index (χ0) is 22.0. The molecule has 4 rings (SSSR count). The zero-order valence-corrected chi connectivity index (χ0v) is 17.4. The van der Waals surface area contributed by atoms with Gasteiger partial charge in [-0.1, -0.05) is 30.3 Å². The van der Waals surface area contributed by atoms with Crippen molar-refractivity contribution in [1.82, 2.24) is 0 Å².